The van der Waals surface area contributed by atoms with E-state index in [1.165, 1.54) is 26.6 Å². The molecular formula is C23H30F2N6O4. The van der Waals surface area contributed by atoms with Gasteiger partial charge in [0.15, 0.2) is 28.9 Å². The summed E-state index contributed by atoms with van der Waals surface area (Å²) in [5.41, 5.74) is 0.481. The number of amidine groups is 1. The SMILES string of the molecule is CN/C(=C\C(=N)Nc1ncc(OCc2c(F)c(OC)cc(OC)c2F)cn1)CN1CCC(O)CC1. The van der Waals surface area contributed by atoms with Crippen molar-refractivity contribution in [3.63, 3.8) is 0 Å². The molecule has 10 nitrogen and oxygen atoms in total. The number of benzene rings is 1. The maximum Gasteiger partial charge on any atom is 0.228 e. The van der Waals surface area contributed by atoms with E-state index in [1.807, 2.05) is 0 Å². The van der Waals surface area contributed by atoms with Crippen molar-refractivity contribution in [1.82, 2.24) is 20.2 Å². The van der Waals surface area contributed by atoms with Crippen molar-refractivity contribution >= 4 is 11.8 Å². The summed E-state index contributed by atoms with van der Waals surface area (Å²) in [6.45, 7) is 1.78. The summed E-state index contributed by atoms with van der Waals surface area (Å²) >= 11 is 0. The Balaban J connectivity index is 1.58. The lowest BCUT2D eigenvalue weighted by Crippen LogP contribution is -2.38. The van der Waals surface area contributed by atoms with Gasteiger partial charge in [-0.1, -0.05) is 0 Å². The van der Waals surface area contributed by atoms with Gasteiger partial charge in [-0.05, 0) is 12.8 Å². The van der Waals surface area contributed by atoms with Crippen molar-refractivity contribution < 1.29 is 28.1 Å². The molecule has 1 aliphatic rings. The van der Waals surface area contributed by atoms with E-state index in [9.17, 15) is 13.9 Å². The second kappa shape index (κ2) is 12.3. The molecule has 2 aromatic rings. The smallest absolute Gasteiger partial charge is 0.228 e. The van der Waals surface area contributed by atoms with Gasteiger partial charge in [0.25, 0.3) is 0 Å². The molecule has 0 unspecified atom stereocenters. The van der Waals surface area contributed by atoms with Crippen LogP contribution in [0.5, 0.6) is 17.2 Å². The number of hydrogen-bond acceptors (Lipinski definition) is 9. The van der Waals surface area contributed by atoms with Crippen molar-refractivity contribution in [2.24, 2.45) is 0 Å². The number of rotatable bonds is 10. The van der Waals surface area contributed by atoms with Crippen molar-refractivity contribution in [3.8, 4) is 17.2 Å². The Morgan fingerprint density at radius 3 is 2.31 bits per heavy atom. The molecule has 1 aromatic carbocycles. The number of anilines is 1. The van der Waals surface area contributed by atoms with Crippen LogP contribution in [0.15, 0.2) is 30.2 Å². The number of aromatic nitrogens is 2. The van der Waals surface area contributed by atoms with E-state index in [0.717, 1.165) is 37.7 Å². The third-order valence-electron chi connectivity index (χ3n) is 5.51. The molecule has 35 heavy (non-hydrogen) atoms. The van der Waals surface area contributed by atoms with Gasteiger partial charge in [0.2, 0.25) is 5.95 Å². The third-order valence-corrected chi connectivity index (χ3v) is 5.51. The first-order chi connectivity index (χ1) is 16.8. The fourth-order valence-electron chi connectivity index (χ4n) is 3.52. The van der Waals surface area contributed by atoms with Gasteiger partial charge in [-0.2, -0.15) is 0 Å². The Morgan fingerprint density at radius 1 is 1.17 bits per heavy atom. The maximum atomic E-state index is 14.5. The van der Waals surface area contributed by atoms with Crippen molar-refractivity contribution in [3.05, 3.63) is 47.4 Å². The number of halogens is 2. The molecule has 0 spiro atoms. The van der Waals surface area contributed by atoms with E-state index in [2.05, 4.69) is 25.5 Å². The van der Waals surface area contributed by atoms with Crippen molar-refractivity contribution in [2.45, 2.75) is 25.6 Å². The van der Waals surface area contributed by atoms with Gasteiger partial charge in [0.1, 0.15) is 12.4 Å². The van der Waals surface area contributed by atoms with E-state index in [1.54, 1.807) is 13.1 Å². The molecule has 0 amide bonds. The van der Waals surface area contributed by atoms with Gasteiger partial charge in [-0.15, -0.1) is 0 Å². The largest absolute Gasteiger partial charge is 0.494 e. The number of likely N-dealkylation sites (tertiary alicyclic amines) is 1. The van der Waals surface area contributed by atoms with Crippen LogP contribution in [0, 0.1) is 17.0 Å². The summed E-state index contributed by atoms with van der Waals surface area (Å²) < 4.78 is 44.2. The Labute approximate surface area is 202 Å². The van der Waals surface area contributed by atoms with Gasteiger partial charge in [-0.3, -0.25) is 10.3 Å². The highest BCUT2D eigenvalue weighted by atomic mass is 19.1. The second-order valence-electron chi connectivity index (χ2n) is 7.88. The lowest BCUT2D eigenvalue weighted by atomic mass is 10.1. The number of ether oxygens (including phenoxy) is 3. The topological polar surface area (TPSA) is 125 Å². The number of nitrogens with zero attached hydrogens (tertiary/aromatic N) is 3. The Hall–Kier alpha value is -3.51. The highest BCUT2D eigenvalue weighted by Crippen LogP contribution is 2.31. The molecule has 0 saturated carbocycles. The fraction of sp³-hybridized carbons (Fsp3) is 0.435. The molecule has 1 aliphatic heterocycles. The van der Waals surface area contributed by atoms with Crippen LogP contribution >= 0.6 is 0 Å². The maximum absolute atomic E-state index is 14.5. The summed E-state index contributed by atoms with van der Waals surface area (Å²) in [7, 11) is 4.32. The average molecular weight is 493 g/mol. The fourth-order valence-corrected chi connectivity index (χ4v) is 3.52. The molecule has 4 N–H and O–H groups in total. The molecule has 1 saturated heterocycles. The molecule has 12 heteroatoms. The first-order valence-electron chi connectivity index (χ1n) is 11.0. The highest BCUT2D eigenvalue weighted by molar-refractivity contribution is 6.00. The number of piperidine rings is 1. The molecule has 1 aromatic heterocycles. The van der Waals surface area contributed by atoms with Crippen LogP contribution in [0.1, 0.15) is 18.4 Å². The van der Waals surface area contributed by atoms with Crippen LogP contribution in [0.2, 0.25) is 0 Å². The number of nitrogens with one attached hydrogen (secondary N) is 3. The molecule has 3 rings (SSSR count). The van der Waals surface area contributed by atoms with Crippen LogP contribution in [-0.2, 0) is 6.61 Å². The number of methoxy groups -OCH3 is 2. The molecule has 190 valence electrons. The monoisotopic (exact) mass is 492 g/mol. The molecule has 0 atom stereocenters. The predicted octanol–water partition coefficient (Wildman–Crippen LogP) is 2.30. The quantitative estimate of drug-likeness (QED) is 0.292. The third kappa shape index (κ3) is 6.99. The minimum absolute atomic E-state index is 0.0766. The van der Waals surface area contributed by atoms with E-state index in [0.29, 0.717) is 6.54 Å². The first kappa shape index (κ1) is 26.1. The van der Waals surface area contributed by atoms with Crippen molar-refractivity contribution in [2.75, 3.05) is 46.2 Å². The van der Waals surface area contributed by atoms with E-state index >= 15 is 0 Å². The predicted molar refractivity (Wildman–Crippen MR) is 126 cm³/mol. The van der Waals surface area contributed by atoms with E-state index < -0.39 is 18.2 Å². The number of hydrogen-bond donors (Lipinski definition) is 4. The molecule has 0 bridgehead atoms. The number of aliphatic hydroxyl groups is 1. The van der Waals surface area contributed by atoms with E-state index in [4.69, 9.17) is 19.6 Å². The van der Waals surface area contributed by atoms with Crippen LogP contribution in [0.25, 0.3) is 0 Å². The molecule has 0 radical (unpaired) electrons. The molecular weight excluding hydrogens is 462 g/mol. The summed E-state index contributed by atoms with van der Waals surface area (Å²) in [5, 5.41) is 23.7. The van der Waals surface area contributed by atoms with Crippen LogP contribution in [0.3, 0.4) is 0 Å². The van der Waals surface area contributed by atoms with E-state index in [-0.39, 0.29) is 40.7 Å². The lowest BCUT2D eigenvalue weighted by Gasteiger charge is -2.30. The summed E-state index contributed by atoms with van der Waals surface area (Å²) in [6, 6.07) is 1.12. The van der Waals surface area contributed by atoms with Gasteiger partial charge in [-0.25, -0.2) is 18.7 Å². The van der Waals surface area contributed by atoms with Crippen LogP contribution in [0.4, 0.5) is 14.7 Å². The summed E-state index contributed by atoms with van der Waals surface area (Å²) in [6.07, 6.45) is 5.53. The van der Waals surface area contributed by atoms with Crippen LogP contribution in [-0.4, -0.2) is 72.8 Å². The Morgan fingerprint density at radius 2 is 1.77 bits per heavy atom. The Kier molecular flexibility index (Phi) is 9.15. The first-order valence-corrected chi connectivity index (χ1v) is 11.0. The zero-order valence-corrected chi connectivity index (χ0v) is 19.9. The summed E-state index contributed by atoms with van der Waals surface area (Å²) in [4.78, 5) is 10.4. The molecule has 0 aliphatic carbocycles. The molecule has 1 fully saturated rings. The summed E-state index contributed by atoms with van der Waals surface area (Å²) in [5.74, 6) is -1.67. The van der Waals surface area contributed by atoms with Gasteiger partial charge < -0.3 is 30.0 Å². The average Bonchev–Trinajstić information content (AvgIpc) is 2.86. The van der Waals surface area contributed by atoms with Gasteiger partial charge in [0.05, 0.1) is 38.3 Å². The zero-order chi connectivity index (χ0) is 25.4. The van der Waals surface area contributed by atoms with Gasteiger partial charge >= 0.3 is 0 Å². The highest BCUT2D eigenvalue weighted by Gasteiger charge is 2.21. The second-order valence-corrected chi connectivity index (χ2v) is 7.88. The lowest BCUT2D eigenvalue weighted by molar-refractivity contribution is 0.0863. The standard InChI is InChI=1S/C23H30F2N6O4/c1-27-14(12-31-6-4-15(32)5-7-31)8-20(26)30-23-28-10-16(11-29-23)35-13-17-21(24)18(33-2)9-19(34-3)22(17)25/h8-11,15,27,32H,4-7,12-13H2,1-3H3,(H2,26,28,29,30)/b14-8-. The molecule has 2 heterocycles. The minimum Gasteiger partial charge on any atom is -0.494 e. The van der Waals surface area contributed by atoms with Crippen LogP contribution < -0.4 is 24.8 Å². The normalized spacial score (nSPS) is 15.0. The minimum atomic E-state index is -0.883. The Bertz CT molecular complexity index is 1020. The van der Waals surface area contributed by atoms with Crippen molar-refractivity contribution in [1.29, 1.82) is 5.41 Å². The number of likely N-dealkylation sites (N-methyl/N-ethyl adjacent to an activating group) is 1. The number of aliphatic hydroxyl groups excluding tert-OH is 1. The zero-order valence-electron chi connectivity index (χ0n) is 19.9. The van der Waals surface area contributed by atoms with Gasteiger partial charge in [0, 0.05) is 44.5 Å².